The van der Waals surface area contributed by atoms with Gasteiger partial charge in [-0.05, 0) is 68.6 Å². The minimum Gasteiger partial charge on any atom is -0.324 e. The maximum absolute atomic E-state index is 5.78. The number of rotatable bonds is 3. The van der Waals surface area contributed by atoms with E-state index in [0.29, 0.717) is 12.6 Å². The molecule has 0 saturated heterocycles. The van der Waals surface area contributed by atoms with Crippen LogP contribution < -0.4 is 5.73 Å². The molecule has 4 aliphatic rings. The summed E-state index contributed by atoms with van der Waals surface area (Å²) in [4.78, 5) is 0. The molecule has 1 heterocycles. The van der Waals surface area contributed by atoms with Gasteiger partial charge in [0.05, 0.1) is 6.54 Å². The van der Waals surface area contributed by atoms with Crippen molar-refractivity contribution in [2.24, 2.45) is 35.3 Å². The van der Waals surface area contributed by atoms with Crippen molar-refractivity contribution in [3.8, 4) is 0 Å². The van der Waals surface area contributed by atoms with E-state index in [2.05, 4.69) is 21.7 Å². The quantitative estimate of drug-likeness (QED) is 0.907. The summed E-state index contributed by atoms with van der Waals surface area (Å²) in [6.45, 7) is 2.85. The van der Waals surface area contributed by atoms with Crippen LogP contribution in [0, 0.1) is 29.6 Å². The smallest absolute Gasteiger partial charge is 0.146 e. The lowest BCUT2D eigenvalue weighted by atomic mass is 9.50. The van der Waals surface area contributed by atoms with Gasteiger partial charge in [-0.2, -0.15) is 0 Å². The normalized spacial score (nSPS) is 41.7. The number of aromatic nitrogens is 3. The summed E-state index contributed by atoms with van der Waals surface area (Å²) in [6.07, 6.45) is 9.31. The predicted molar refractivity (Wildman–Crippen MR) is 73.2 cm³/mol. The van der Waals surface area contributed by atoms with Gasteiger partial charge < -0.3 is 10.3 Å². The topological polar surface area (TPSA) is 56.7 Å². The van der Waals surface area contributed by atoms with Crippen molar-refractivity contribution in [2.75, 3.05) is 0 Å². The first-order valence-corrected chi connectivity index (χ1v) is 7.84. The number of hydrogen-bond acceptors (Lipinski definition) is 3. The van der Waals surface area contributed by atoms with Gasteiger partial charge in [-0.3, -0.25) is 0 Å². The molecule has 0 aromatic carbocycles. The van der Waals surface area contributed by atoms with E-state index in [4.69, 9.17) is 5.73 Å². The first-order valence-electron chi connectivity index (χ1n) is 7.84. The third kappa shape index (κ3) is 1.76. The fourth-order valence-corrected chi connectivity index (χ4v) is 5.69. The van der Waals surface area contributed by atoms with Crippen LogP contribution in [0.25, 0.3) is 0 Å². The molecule has 5 rings (SSSR count). The van der Waals surface area contributed by atoms with Gasteiger partial charge in [0.2, 0.25) is 0 Å². The average molecular weight is 260 g/mol. The van der Waals surface area contributed by atoms with Gasteiger partial charge in [0.25, 0.3) is 0 Å². The first-order chi connectivity index (χ1) is 9.26. The van der Waals surface area contributed by atoms with E-state index >= 15 is 0 Å². The van der Waals surface area contributed by atoms with E-state index in [1.54, 1.807) is 0 Å². The molecule has 4 aliphatic carbocycles. The fourth-order valence-electron chi connectivity index (χ4n) is 5.69. The Kier molecular flexibility index (Phi) is 2.69. The van der Waals surface area contributed by atoms with E-state index in [0.717, 1.165) is 35.4 Å². The minimum atomic E-state index is 0.498. The summed E-state index contributed by atoms with van der Waals surface area (Å²) in [5.41, 5.74) is 5.78. The Hall–Kier alpha value is -0.900. The van der Waals surface area contributed by atoms with Gasteiger partial charge >= 0.3 is 0 Å². The van der Waals surface area contributed by atoms with Crippen molar-refractivity contribution in [1.82, 2.24) is 14.8 Å². The van der Waals surface area contributed by atoms with E-state index in [1.165, 1.54) is 32.1 Å². The second-order valence-corrected chi connectivity index (χ2v) is 7.11. The van der Waals surface area contributed by atoms with Gasteiger partial charge in [-0.25, -0.2) is 0 Å². The van der Waals surface area contributed by atoms with Crippen LogP contribution >= 0.6 is 0 Å². The Morgan fingerprint density at radius 1 is 1.21 bits per heavy atom. The molecule has 104 valence electrons. The Bertz CT molecular complexity index is 438. The lowest BCUT2D eigenvalue weighted by molar-refractivity contribution is -0.0557. The molecule has 1 aromatic heterocycles. The van der Waals surface area contributed by atoms with Gasteiger partial charge in [0.1, 0.15) is 12.2 Å². The highest BCUT2D eigenvalue weighted by Gasteiger charge is 2.50. The molecule has 4 heteroatoms. The minimum absolute atomic E-state index is 0.498. The molecule has 2 N–H and O–H groups in total. The Morgan fingerprint density at radius 3 is 2.42 bits per heavy atom. The first kappa shape index (κ1) is 11.9. The Morgan fingerprint density at radius 2 is 1.84 bits per heavy atom. The summed E-state index contributed by atoms with van der Waals surface area (Å²) in [6, 6.07) is 0.517. The largest absolute Gasteiger partial charge is 0.324 e. The Labute approximate surface area is 114 Å². The number of hydrogen-bond donors (Lipinski definition) is 1. The predicted octanol–water partition coefficient (Wildman–Crippen LogP) is 2.37. The highest BCUT2D eigenvalue weighted by Crippen LogP contribution is 2.59. The second kappa shape index (κ2) is 4.30. The highest BCUT2D eigenvalue weighted by molar-refractivity contribution is 5.02. The van der Waals surface area contributed by atoms with Gasteiger partial charge in [0, 0.05) is 6.04 Å². The van der Waals surface area contributed by atoms with Crippen molar-refractivity contribution in [2.45, 2.75) is 51.6 Å². The lowest BCUT2D eigenvalue weighted by Crippen LogP contribution is -2.47. The van der Waals surface area contributed by atoms with Crippen LogP contribution in [-0.4, -0.2) is 14.8 Å². The molecule has 4 saturated carbocycles. The zero-order chi connectivity index (χ0) is 13.0. The zero-order valence-corrected chi connectivity index (χ0v) is 11.7. The molecule has 0 amide bonds. The van der Waals surface area contributed by atoms with Crippen molar-refractivity contribution < 1.29 is 0 Å². The third-order valence-electron chi connectivity index (χ3n) is 6.13. The molecule has 4 fully saturated rings. The SMILES string of the molecule is CC(C1C2CC3CC(C2)CC1C3)n1cnnc1CN. The summed E-state index contributed by atoms with van der Waals surface area (Å²) < 4.78 is 2.24. The molecule has 0 aliphatic heterocycles. The van der Waals surface area contributed by atoms with Crippen LogP contribution in [0.1, 0.15) is 50.9 Å². The lowest BCUT2D eigenvalue weighted by Gasteiger charge is -2.56. The molecule has 4 bridgehead atoms. The van der Waals surface area contributed by atoms with Crippen molar-refractivity contribution >= 4 is 0 Å². The third-order valence-corrected chi connectivity index (χ3v) is 6.13. The molecule has 1 atom stereocenters. The molecule has 19 heavy (non-hydrogen) atoms. The monoisotopic (exact) mass is 260 g/mol. The fraction of sp³-hybridized carbons (Fsp3) is 0.867. The molecule has 4 nitrogen and oxygen atoms in total. The molecule has 0 radical (unpaired) electrons. The molecule has 0 spiro atoms. The van der Waals surface area contributed by atoms with Crippen LogP contribution in [0.2, 0.25) is 0 Å². The molecular formula is C15H24N4. The number of nitrogens with two attached hydrogens (primary N) is 1. The van der Waals surface area contributed by atoms with Crippen molar-refractivity contribution in [3.63, 3.8) is 0 Å². The van der Waals surface area contributed by atoms with Crippen LogP contribution in [-0.2, 0) is 6.54 Å². The summed E-state index contributed by atoms with van der Waals surface area (Å²) in [7, 11) is 0. The average Bonchev–Trinajstić information content (AvgIpc) is 2.85. The van der Waals surface area contributed by atoms with Crippen LogP contribution in [0.3, 0.4) is 0 Å². The highest BCUT2D eigenvalue weighted by atomic mass is 15.3. The summed E-state index contributed by atoms with van der Waals surface area (Å²) in [5.74, 6) is 5.75. The standard InChI is InChI=1S/C15H24N4/c1-9(19-8-17-18-14(19)7-16)15-12-3-10-2-11(5-12)6-13(15)4-10/h8-13,15H,2-7,16H2,1H3. The van der Waals surface area contributed by atoms with E-state index in [1.807, 2.05) is 6.33 Å². The van der Waals surface area contributed by atoms with Crippen LogP contribution in [0.5, 0.6) is 0 Å². The van der Waals surface area contributed by atoms with E-state index in [-0.39, 0.29) is 0 Å². The maximum Gasteiger partial charge on any atom is 0.146 e. The van der Waals surface area contributed by atoms with Crippen LogP contribution in [0.4, 0.5) is 0 Å². The summed E-state index contributed by atoms with van der Waals surface area (Å²) >= 11 is 0. The Balaban J connectivity index is 1.62. The molecule has 1 unspecified atom stereocenters. The van der Waals surface area contributed by atoms with Gasteiger partial charge in [0.15, 0.2) is 0 Å². The van der Waals surface area contributed by atoms with Gasteiger partial charge in [-0.15, -0.1) is 10.2 Å². The summed E-state index contributed by atoms with van der Waals surface area (Å²) in [5, 5.41) is 8.22. The maximum atomic E-state index is 5.78. The van der Waals surface area contributed by atoms with Gasteiger partial charge in [-0.1, -0.05) is 0 Å². The number of nitrogens with zero attached hydrogens (tertiary/aromatic N) is 3. The zero-order valence-electron chi connectivity index (χ0n) is 11.7. The van der Waals surface area contributed by atoms with Crippen molar-refractivity contribution in [3.05, 3.63) is 12.2 Å². The van der Waals surface area contributed by atoms with E-state index < -0.39 is 0 Å². The second-order valence-electron chi connectivity index (χ2n) is 7.11. The molecular weight excluding hydrogens is 236 g/mol. The van der Waals surface area contributed by atoms with Crippen LogP contribution in [0.15, 0.2) is 6.33 Å². The molecule has 1 aromatic rings. The van der Waals surface area contributed by atoms with E-state index in [9.17, 15) is 0 Å². The van der Waals surface area contributed by atoms with Crippen molar-refractivity contribution in [1.29, 1.82) is 0 Å².